The van der Waals surface area contributed by atoms with Gasteiger partial charge >= 0.3 is 11.8 Å². The molecule has 0 unspecified atom stereocenters. The van der Waals surface area contributed by atoms with Gasteiger partial charge in [-0.1, -0.05) is 17.7 Å². The Morgan fingerprint density at radius 2 is 1.96 bits per heavy atom. The lowest BCUT2D eigenvalue weighted by molar-refractivity contribution is -0.136. The molecule has 1 aliphatic heterocycles. The molecule has 3 rings (SSSR count). The quantitative estimate of drug-likeness (QED) is 0.748. The van der Waals surface area contributed by atoms with E-state index in [-0.39, 0.29) is 6.04 Å². The average Bonchev–Trinajstić information content (AvgIpc) is 3.11. The summed E-state index contributed by atoms with van der Waals surface area (Å²) < 4.78 is 7.46. The summed E-state index contributed by atoms with van der Waals surface area (Å²) in [6.07, 6.45) is 1.97. The molecule has 150 valence electrons. The number of carbonyl (C=O) groups excluding carboxylic acids is 2. The smallest absolute Gasteiger partial charge is 0.313 e. The van der Waals surface area contributed by atoms with Gasteiger partial charge in [0, 0.05) is 49.3 Å². The zero-order chi connectivity index (χ0) is 20.1. The van der Waals surface area contributed by atoms with Gasteiger partial charge in [0.15, 0.2) is 0 Å². The van der Waals surface area contributed by atoms with Gasteiger partial charge in [0.2, 0.25) is 0 Å². The number of benzene rings is 1. The number of aryl methyl sites for hydroxylation is 2. The van der Waals surface area contributed by atoms with Crippen LogP contribution in [0.4, 0.5) is 5.69 Å². The molecule has 2 aromatic rings. The van der Waals surface area contributed by atoms with Crippen LogP contribution in [0.25, 0.3) is 0 Å². The third kappa shape index (κ3) is 4.92. The van der Waals surface area contributed by atoms with Crippen LogP contribution in [0, 0.1) is 6.92 Å². The third-order valence-corrected chi connectivity index (χ3v) is 5.31. The van der Waals surface area contributed by atoms with Crippen molar-refractivity contribution in [2.75, 3.05) is 38.2 Å². The van der Waals surface area contributed by atoms with Gasteiger partial charge in [-0.3, -0.25) is 14.5 Å². The summed E-state index contributed by atoms with van der Waals surface area (Å²) in [7, 11) is 1.97. The van der Waals surface area contributed by atoms with Crippen molar-refractivity contribution < 1.29 is 14.3 Å². The lowest BCUT2D eigenvalue weighted by Crippen LogP contribution is -2.46. The minimum Gasteiger partial charge on any atom is -0.379 e. The molecule has 0 saturated carbocycles. The van der Waals surface area contributed by atoms with Gasteiger partial charge in [0.05, 0.1) is 19.3 Å². The van der Waals surface area contributed by atoms with Gasteiger partial charge in [-0.05, 0) is 36.8 Å². The molecule has 2 amide bonds. The van der Waals surface area contributed by atoms with Crippen molar-refractivity contribution in [2.45, 2.75) is 13.0 Å². The first kappa shape index (κ1) is 20.4. The number of nitrogens with one attached hydrogen (secondary N) is 2. The zero-order valence-corrected chi connectivity index (χ0v) is 16.8. The van der Waals surface area contributed by atoms with E-state index in [9.17, 15) is 9.59 Å². The van der Waals surface area contributed by atoms with E-state index in [0.29, 0.717) is 30.5 Å². The molecule has 7 nitrogen and oxygen atoms in total. The summed E-state index contributed by atoms with van der Waals surface area (Å²) in [5.41, 5.74) is 2.47. The normalized spacial score (nSPS) is 15.8. The zero-order valence-electron chi connectivity index (χ0n) is 16.1. The van der Waals surface area contributed by atoms with Crippen molar-refractivity contribution in [2.24, 2.45) is 7.05 Å². The Labute approximate surface area is 169 Å². The van der Waals surface area contributed by atoms with Crippen LogP contribution in [0.3, 0.4) is 0 Å². The van der Waals surface area contributed by atoms with Gasteiger partial charge in [-0.2, -0.15) is 0 Å². The maximum Gasteiger partial charge on any atom is 0.313 e. The molecular formula is C20H25ClN4O3. The summed E-state index contributed by atoms with van der Waals surface area (Å²) in [6.45, 7) is 5.07. The number of morpholine rings is 1. The summed E-state index contributed by atoms with van der Waals surface area (Å²) in [5, 5.41) is 5.88. The number of rotatable bonds is 5. The molecule has 0 radical (unpaired) electrons. The summed E-state index contributed by atoms with van der Waals surface area (Å²) in [6, 6.07) is 9.10. The molecule has 1 aromatic heterocycles. The van der Waals surface area contributed by atoms with Crippen LogP contribution < -0.4 is 10.6 Å². The van der Waals surface area contributed by atoms with Crippen LogP contribution in [0.5, 0.6) is 0 Å². The van der Waals surface area contributed by atoms with Crippen molar-refractivity contribution in [3.8, 4) is 0 Å². The second-order valence-electron chi connectivity index (χ2n) is 6.84. The number of aromatic nitrogens is 1. The molecule has 1 aromatic carbocycles. The Morgan fingerprint density at radius 3 is 2.61 bits per heavy atom. The topological polar surface area (TPSA) is 75.6 Å². The number of hydrogen-bond donors (Lipinski definition) is 2. The van der Waals surface area contributed by atoms with E-state index in [1.807, 2.05) is 36.9 Å². The molecule has 1 atom stereocenters. The molecule has 2 N–H and O–H groups in total. The molecule has 8 heteroatoms. The largest absolute Gasteiger partial charge is 0.379 e. The predicted molar refractivity (Wildman–Crippen MR) is 108 cm³/mol. The lowest BCUT2D eigenvalue weighted by Gasteiger charge is -2.34. The van der Waals surface area contributed by atoms with Crippen molar-refractivity contribution >= 4 is 29.1 Å². The highest BCUT2D eigenvalue weighted by Gasteiger charge is 2.26. The number of carbonyl (C=O) groups is 2. The molecule has 0 spiro atoms. The van der Waals surface area contributed by atoms with Gasteiger partial charge in [0.1, 0.15) is 0 Å². The molecule has 1 saturated heterocycles. The fourth-order valence-electron chi connectivity index (χ4n) is 3.26. The Bertz CT molecular complexity index is 846. The molecule has 2 heterocycles. The van der Waals surface area contributed by atoms with Gasteiger partial charge in [0.25, 0.3) is 0 Å². The highest BCUT2D eigenvalue weighted by atomic mass is 35.5. The van der Waals surface area contributed by atoms with Crippen LogP contribution in [-0.4, -0.2) is 54.1 Å². The SMILES string of the molecule is Cc1ccc(NC(=O)C(=O)NC[C@@H](c2cccn2C)N2CCOCC2)cc1Cl. The van der Waals surface area contributed by atoms with Gasteiger partial charge in [-0.25, -0.2) is 0 Å². The molecular weight excluding hydrogens is 380 g/mol. The first-order chi connectivity index (χ1) is 13.5. The number of ether oxygens (including phenoxy) is 1. The molecule has 0 aliphatic carbocycles. The van der Waals surface area contributed by atoms with Crippen LogP contribution in [0.2, 0.25) is 5.02 Å². The highest BCUT2D eigenvalue weighted by molar-refractivity contribution is 6.39. The first-order valence-electron chi connectivity index (χ1n) is 9.24. The average molecular weight is 405 g/mol. The lowest BCUT2D eigenvalue weighted by atomic mass is 10.1. The van der Waals surface area contributed by atoms with E-state index in [1.165, 1.54) is 0 Å². The van der Waals surface area contributed by atoms with Crippen molar-refractivity contribution in [3.63, 3.8) is 0 Å². The number of nitrogens with zero attached hydrogens (tertiary/aromatic N) is 2. The summed E-state index contributed by atoms with van der Waals surface area (Å²) in [5.74, 6) is -1.39. The standard InChI is InChI=1S/C20H25ClN4O3/c1-14-5-6-15(12-16(14)21)23-20(27)19(26)22-13-18(17-4-3-7-24(17)2)25-8-10-28-11-9-25/h3-7,12,18H,8-11,13H2,1-2H3,(H,22,26)(H,23,27)/t18-/m0/s1. The van der Waals surface area contributed by atoms with Crippen molar-refractivity contribution in [3.05, 3.63) is 52.8 Å². The number of halogens is 1. The fourth-order valence-corrected chi connectivity index (χ4v) is 3.44. The van der Waals surface area contributed by atoms with Crippen LogP contribution >= 0.6 is 11.6 Å². The van der Waals surface area contributed by atoms with E-state index in [1.54, 1.807) is 18.2 Å². The van der Waals surface area contributed by atoms with E-state index >= 15 is 0 Å². The maximum absolute atomic E-state index is 12.3. The van der Waals surface area contributed by atoms with Crippen LogP contribution in [0.1, 0.15) is 17.3 Å². The summed E-state index contributed by atoms with van der Waals surface area (Å²) >= 11 is 6.07. The number of anilines is 1. The van der Waals surface area contributed by atoms with E-state index in [4.69, 9.17) is 16.3 Å². The van der Waals surface area contributed by atoms with Crippen molar-refractivity contribution in [1.82, 2.24) is 14.8 Å². The molecule has 1 aliphatic rings. The van der Waals surface area contributed by atoms with E-state index in [2.05, 4.69) is 15.5 Å². The first-order valence-corrected chi connectivity index (χ1v) is 9.62. The number of amides is 2. The Morgan fingerprint density at radius 1 is 1.21 bits per heavy atom. The second kappa shape index (κ2) is 9.23. The highest BCUT2D eigenvalue weighted by Crippen LogP contribution is 2.22. The predicted octanol–water partition coefficient (Wildman–Crippen LogP) is 2.12. The minimum absolute atomic E-state index is 0.0329. The summed E-state index contributed by atoms with van der Waals surface area (Å²) in [4.78, 5) is 26.8. The van der Waals surface area contributed by atoms with Gasteiger partial charge < -0.3 is 19.9 Å². The Balaban J connectivity index is 1.63. The van der Waals surface area contributed by atoms with Crippen LogP contribution in [0.15, 0.2) is 36.5 Å². The molecule has 1 fully saturated rings. The maximum atomic E-state index is 12.3. The second-order valence-corrected chi connectivity index (χ2v) is 7.24. The molecule has 0 bridgehead atoms. The van der Waals surface area contributed by atoms with E-state index < -0.39 is 11.8 Å². The van der Waals surface area contributed by atoms with Gasteiger partial charge in [-0.15, -0.1) is 0 Å². The van der Waals surface area contributed by atoms with Crippen LogP contribution in [-0.2, 0) is 21.4 Å². The Hall–Kier alpha value is -2.35. The van der Waals surface area contributed by atoms with E-state index in [0.717, 1.165) is 24.3 Å². The minimum atomic E-state index is -0.715. The third-order valence-electron chi connectivity index (χ3n) is 4.90. The monoisotopic (exact) mass is 404 g/mol. The number of hydrogen-bond acceptors (Lipinski definition) is 4. The van der Waals surface area contributed by atoms with Crippen molar-refractivity contribution in [1.29, 1.82) is 0 Å². The molecule has 28 heavy (non-hydrogen) atoms. The Kier molecular flexibility index (Phi) is 6.72. The fraction of sp³-hybridized carbons (Fsp3) is 0.400.